The maximum Gasteiger partial charge on any atom is 0.222 e. The molecule has 0 saturated carbocycles. The van der Waals surface area contributed by atoms with E-state index in [9.17, 15) is 4.79 Å². The molecule has 0 bridgehead atoms. The number of carbonyl (C=O) groups is 1. The molecule has 2 atom stereocenters. The number of hydrogen-bond acceptors (Lipinski definition) is 5. The predicted octanol–water partition coefficient (Wildman–Crippen LogP) is 3.48. The van der Waals surface area contributed by atoms with Gasteiger partial charge in [-0.15, -0.1) is 0 Å². The Labute approximate surface area is 186 Å². The van der Waals surface area contributed by atoms with E-state index in [1.807, 2.05) is 6.07 Å². The number of nitrogens with zero attached hydrogens (tertiary/aromatic N) is 3. The van der Waals surface area contributed by atoms with Gasteiger partial charge in [-0.3, -0.25) is 9.69 Å². The summed E-state index contributed by atoms with van der Waals surface area (Å²) in [6.45, 7) is 5.46. The summed E-state index contributed by atoms with van der Waals surface area (Å²) >= 11 is 0. The minimum Gasteiger partial charge on any atom is -0.360 e. The van der Waals surface area contributed by atoms with E-state index in [2.05, 4.69) is 57.7 Å². The average molecular weight is 425 g/mol. The maximum atomic E-state index is 12.8. The van der Waals surface area contributed by atoms with Gasteiger partial charge in [-0.1, -0.05) is 35.5 Å². The monoisotopic (exact) mass is 424 g/mol. The zero-order chi connectivity index (χ0) is 21.5. The van der Waals surface area contributed by atoms with E-state index in [0.717, 1.165) is 76.4 Å². The molecule has 1 N–H and O–H groups in total. The Morgan fingerprint density at radius 3 is 2.77 bits per heavy atom. The lowest BCUT2D eigenvalue weighted by molar-refractivity contribution is -0.133. The van der Waals surface area contributed by atoms with Crippen molar-refractivity contribution in [2.75, 3.05) is 33.2 Å². The highest BCUT2D eigenvalue weighted by Crippen LogP contribution is 2.27. The van der Waals surface area contributed by atoms with Crippen LogP contribution in [0.15, 0.2) is 40.9 Å². The fourth-order valence-corrected chi connectivity index (χ4v) is 4.99. The van der Waals surface area contributed by atoms with E-state index < -0.39 is 0 Å². The van der Waals surface area contributed by atoms with Crippen LogP contribution in [-0.2, 0) is 24.3 Å². The van der Waals surface area contributed by atoms with Gasteiger partial charge < -0.3 is 14.7 Å². The summed E-state index contributed by atoms with van der Waals surface area (Å²) in [6.07, 6.45) is 6.18. The Morgan fingerprint density at radius 1 is 1.16 bits per heavy atom. The van der Waals surface area contributed by atoms with E-state index >= 15 is 0 Å². The molecule has 2 saturated heterocycles. The molecule has 2 fully saturated rings. The first-order chi connectivity index (χ1) is 15.2. The van der Waals surface area contributed by atoms with Crippen molar-refractivity contribution in [2.45, 2.75) is 51.6 Å². The standard InChI is InChI=1S/C25H36N4O2/c1-28(18-20-8-4-2-5-9-20)19-24-16-23(27-31-24)14-22-17-26-11-10-21(22)15-25(30)29-12-6-3-7-13-29/h2,4-5,8-9,16,21-22,26H,3,6-7,10-15,17-19H2,1H3/t21-,22-/m0/s1. The van der Waals surface area contributed by atoms with Crippen molar-refractivity contribution in [3.8, 4) is 0 Å². The molecule has 1 aromatic heterocycles. The second-order valence-electron chi connectivity index (χ2n) is 9.31. The Bertz CT molecular complexity index is 816. The molecule has 2 aliphatic heterocycles. The first-order valence-electron chi connectivity index (χ1n) is 11.8. The number of carbonyl (C=O) groups excluding carboxylic acids is 1. The van der Waals surface area contributed by atoms with Crippen LogP contribution in [0.4, 0.5) is 0 Å². The maximum absolute atomic E-state index is 12.8. The zero-order valence-electron chi connectivity index (χ0n) is 18.8. The van der Waals surface area contributed by atoms with Gasteiger partial charge in [0.2, 0.25) is 5.91 Å². The molecule has 0 unspecified atom stereocenters. The number of likely N-dealkylation sites (tertiary alicyclic amines) is 1. The summed E-state index contributed by atoms with van der Waals surface area (Å²) in [5.41, 5.74) is 2.30. The number of amides is 1. The normalized spacial score (nSPS) is 22.1. The Hall–Kier alpha value is -2.18. The molecule has 3 heterocycles. The molecule has 1 aromatic carbocycles. The lowest BCUT2D eigenvalue weighted by Crippen LogP contribution is -2.42. The predicted molar refractivity (Wildman–Crippen MR) is 121 cm³/mol. The molecule has 0 aliphatic carbocycles. The molecular weight excluding hydrogens is 388 g/mol. The van der Waals surface area contributed by atoms with Crippen LogP contribution >= 0.6 is 0 Å². The molecule has 6 nitrogen and oxygen atoms in total. The molecule has 1 amide bonds. The molecule has 2 aromatic rings. The molecule has 0 radical (unpaired) electrons. The summed E-state index contributed by atoms with van der Waals surface area (Å²) in [4.78, 5) is 17.1. The van der Waals surface area contributed by atoms with E-state index in [-0.39, 0.29) is 0 Å². The van der Waals surface area contributed by atoms with Crippen molar-refractivity contribution < 1.29 is 9.32 Å². The minimum absolute atomic E-state index is 0.347. The Kier molecular flexibility index (Phi) is 7.76. The Balaban J connectivity index is 1.30. The van der Waals surface area contributed by atoms with Crippen molar-refractivity contribution >= 4 is 5.91 Å². The zero-order valence-corrected chi connectivity index (χ0v) is 18.8. The van der Waals surface area contributed by atoms with E-state index in [1.54, 1.807) is 0 Å². The molecule has 6 heteroatoms. The van der Waals surface area contributed by atoms with Crippen LogP contribution in [0.1, 0.15) is 49.1 Å². The van der Waals surface area contributed by atoms with Crippen molar-refractivity contribution in [3.63, 3.8) is 0 Å². The highest BCUT2D eigenvalue weighted by atomic mass is 16.5. The fraction of sp³-hybridized carbons (Fsp3) is 0.600. The van der Waals surface area contributed by atoms with Crippen LogP contribution in [0.25, 0.3) is 0 Å². The quantitative estimate of drug-likeness (QED) is 0.703. The molecule has 0 spiro atoms. The topological polar surface area (TPSA) is 61.6 Å². The van der Waals surface area contributed by atoms with Crippen LogP contribution in [-0.4, -0.2) is 54.1 Å². The van der Waals surface area contributed by atoms with Gasteiger partial charge in [-0.05, 0) is 69.6 Å². The number of benzene rings is 1. The van der Waals surface area contributed by atoms with Crippen molar-refractivity contribution in [2.24, 2.45) is 11.8 Å². The highest BCUT2D eigenvalue weighted by Gasteiger charge is 2.30. The molecule has 4 rings (SSSR count). The first kappa shape index (κ1) is 22.0. The third-order valence-corrected chi connectivity index (χ3v) is 6.71. The van der Waals surface area contributed by atoms with E-state index in [0.29, 0.717) is 24.2 Å². The van der Waals surface area contributed by atoms with Crippen molar-refractivity contribution in [3.05, 3.63) is 53.4 Å². The first-order valence-corrected chi connectivity index (χ1v) is 11.8. The second kappa shape index (κ2) is 10.9. The lowest BCUT2D eigenvalue weighted by atomic mass is 9.81. The summed E-state index contributed by atoms with van der Waals surface area (Å²) in [5.74, 6) is 2.11. The van der Waals surface area contributed by atoms with Gasteiger partial charge in [0, 0.05) is 32.1 Å². The minimum atomic E-state index is 0.347. The van der Waals surface area contributed by atoms with Crippen molar-refractivity contribution in [1.29, 1.82) is 0 Å². The molecule has 2 aliphatic rings. The SMILES string of the molecule is CN(Cc1ccccc1)Cc1cc(C[C@H]2CNCC[C@H]2CC(=O)N2CCCCC2)no1. The lowest BCUT2D eigenvalue weighted by Gasteiger charge is -2.34. The van der Waals surface area contributed by atoms with Crippen LogP contribution in [0.2, 0.25) is 0 Å². The van der Waals surface area contributed by atoms with Gasteiger partial charge in [-0.2, -0.15) is 0 Å². The van der Waals surface area contributed by atoms with Crippen LogP contribution < -0.4 is 5.32 Å². The molecule has 168 valence electrons. The summed E-state index contributed by atoms with van der Waals surface area (Å²) in [7, 11) is 2.10. The molecule has 31 heavy (non-hydrogen) atoms. The summed E-state index contributed by atoms with van der Waals surface area (Å²) in [6, 6.07) is 12.6. The van der Waals surface area contributed by atoms with Crippen LogP contribution in [0.3, 0.4) is 0 Å². The third-order valence-electron chi connectivity index (χ3n) is 6.71. The van der Waals surface area contributed by atoms with Gasteiger partial charge in [-0.25, -0.2) is 0 Å². The average Bonchev–Trinajstić information content (AvgIpc) is 3.23. The number of nitrogens with one attached hydrogen (secondary N) is 1. The number of piperidine rings is 2. The van der Waals surface area contributed by atoms with Gasteiger partial charge in [0.25, 0.3) is 0 Å². The van der Waals surface area contributed by atoms with Gasteiger partial charge in [0.1, 0.15) is 0 Å². The van der Waals surface area contributed by atoms with Crippen LogP contribution in [0.5, 0.6) is 0 Å². The highest BCUT2D eigenvalue weighted by molar-refractivity contribution is 5.76. The summed E-state index contributed by atoms with van der Waals surface area (Å²) in [5, 5.41) is 7.86. The summed E-state index contributed by atoms with van der Waals surface area (Å²) < 4.78 is 5.64. The van der Waals surface area contributed by atoms with Crippen molar-refractivity contribution in [1.82, 2.24) is 20.3 Å². The number of hydrogen-bond donors (Lipinski definition) is 1. The smallest absolute Gasteiger partial charge is 0.222 e. The Morgan fingerprint density at radius 2 is 1.97 bits per heavy atom. The van der Waals surface area contributed by atoms with Gasteiger partial charge in [0.05, 0.1) is 12.2 Å². The number of rotatable bonds is 8. The number of aromatic nitrogens is 1. The van der Waals surface area contributed by atoms with E-state index in [4.69, 9.17) is 4.52 Å². The van der Waals surface area contributed by atoms with Crippen LogP contribution in [0, 0.1) is 11.8 Å². The van der Waals surface area contributed by atoms with Gasteiger partial charge in [0.15, 0.2) is 5.76 Å². The third kappa shape index (κ3) is 6.40. The van der Waals surface area contributed by atoms with Gasteiger partial charge >= 0.3 is 0 Å². The second-order valence-corrected chi connectivity index (χ2v) is 9.31. The largest absolute Gasteiger partial charge is 0.360 e. The van der Waals surface area contributed by atoms with E-state index in [1.165, 1.54) is 12.0 Å². The molecular formula is C25H36N4O2. The fourth-order valence-electron chi connectivity index (χ4n) is 4.99.